The number of carbonyl (C=O) groups excluding carboxylic acids is 1. The van der Waals surface area contributed by atoms with Crippen LogP contribution in [0.2, 0.25) is 5.02 Å². The Morgan fingerprint density at radius 2 is 1.96 bits per heavy atom. The van der Waals surface area contributed by atoms with Crippen molar-refractivity contribution in [1.29, 1.82) is 0 Å². The lowest BCUT2D eigenvalue weighted by Crippen LogP contribution is -2.32. The van der Waals surface area contributed by atoms with E-state index in [9.17, 15) is 4.79 Å². The molecule has 0 N–H and O–H groups in total. The predicted octanol–water partition coefficient (Wildman–Crippen LogP) is 4.10. The molecule has 0 bridgehead atoms. The summed E-state index contributed by atoms with van der Waals surface area (Å²) in [6.07, 6.45) is 4.76. The van der Waals surface area contributed by atoms with Gasteiger partial charge in [0.05, 0.1) is 7.11 Å². The molecule has 2 aromatic carbocycles. The number of halogens is 1. The molecule has 1 aliphatic rings. The number of amides is 1. The third-order valence-electron chi connectivity index (χ3n) is 4.74. The molecule has 0 radical (unpaired) electrons. The monoisotopic (exact) mass is 384 g/mol. The molecule has 0 unspecified atom stereocenters. The molecule has 1 fully saturated rings. The number of nitrogens with zero attached hydrogens (tertiary/aromatic N) is 2. The molecular formula is C22H25ClN2O2. The summed E-state index contributed by atoms with van der Waals surface area (Å²) < 4.78 is 5.38. The van der Waals surface area contributed by atoms with Crippen LogP contribution in [0.5, 0.6) is 5.75 Å². The lowest BCUT2D eigenvalue weighted by atomic mass is 10.2. The summed E-state index contributed by atoms with van der Waals surface area (Å²) in [6.45, 7) is 3.80. The SMILES string of the molecule is COc1ccccc1C=CCN1CCC(=O)N(Cc2cccc(Cl)c2)CC1. The van der Waals surface area contributed by atoms with E-state index in [1.807, 2.05) is 53.4 Å². The van der Waals surface area contributed by atoms with Crippen molar-refractivity contribution in [3.8, 4) is 5.75 Å². The van der Waals surface area contributed by atoms with Gasteiger partial charge in [-0.05, 0) is 23.8 Å². The molecule has 5 heteroatoms. The first kappa shape index (κ1) is 19.5. The van der Waals surface area contributed by atoms with Crippen LogP contribution in [0.1, 0.15) is 17.5 Å². The standard InChI is InChI=1S/C22H25ClN2O2/c1-27-21-10-3-2-7-19(21)8-5-12-24-13-11-22(26)25(15-14-24)17-18-6-4-9-20(23)16-18/h2-10,16H,11-15,17H2,1H3. The summed E-state index contributed by atoms with van der Waals surface area (Å²) in [4.78, 5) is 16.7. The second-order valence-corrected chi connectivity index (χ2v) is 7.08. The number of carbonyl (C=O) groups is 1. The van der Waals surface area contributed by atoms with E-state index >= 15 is 0 Å². The number of para-hydroxylation sites is 1. The van der Waals surface area contributed by atoms with Crippen molar-refractivity contribution in [2.45, 2.75) is 13.0 Å². The maximum absolute atomic E-state index is 12.5. The van der Waals surface area contributed by atoms with Crippen LogP contribution in [0.15, 0.2) is 54.6 Å². The van der Waals surface area contributed by atoms with Crippen molar-refractivity contribution in [1.82, 2.24) is 9.80 Å². The van der Waals surface area contributed by atoms with E-state index in [-0.39, 0.29) is 5.91 Å². The summed E-state index contributed by atoms with van der Waals surface area (Å²) in [5.41, 5.74) is 2.13. The largest absolute Gasteiger partial charge is 0.496 e. The van der Waals surface area contributed by atoms with Crippen molar-refractivity contribution in [2.24, 2.45) is 0 Å². The minimum absolute atomic E-state index is 0.200. The third kappa shape index (κ3) is 5.59. The molecule has 142 valence electrons. The van der Waals surface area contributed by atoms with E-state index in [4.69, 9.17) is 16.3 Å². The quantitative estimate of drug-likeness (QED) is 0.751. The van der Waals surface area contributed by atoms with Crippen molar-refractivity contribution in [3.05, 3.63) is 70.8 Å². The zero-order valence-corrected chi connectivity index (χ0v) is 16.4. The second-order valence-electron chi connectivity index (χ2n) is 6.64. The van der Waals surface area contributed by atoms with Crippen molar-refractivity contribution >= 4 is 23.6 Å². The first-order chi connectivity index (χ1) is 13.2. The summed E-state index contributed by atoms with van der Waals surface area (Å²) in [5, 5.41) is 0.706. The molecule has 0 aliphatic carbocycles. The van der Waals surface area contributed by atoms with E-state index in [2.05, 4.69) is 17.1 Å². The number of benzene rings is 2. The molecule has 2 aromatic rings. The molecule has 1 saturated heterocycles. The van der Waals surface area contributed by atoms with Crippen molar-refractivity contribution < 1.29 is 9.53 Å². The fourth-order valence-electron chi connectivity index (χ4n) is 3.25. The van der Waals surface area contributed by atoms with Crippen LogP contribution in [-0.2, 0) is 11.3 Å². The number of hydrogen-bond acceptors (Lipinski definition) is 3. The summed E-state index contributed by atoms with van der Waals surface area (Å²) in [7, 11) is 1.68. The van der Waals surface area contributed by atoms with Gasteiger partial charge in [0.25, 0.3) is 0 Å². The van der Waals surface area contributed by atoms with Gasteiger partial charge in [-0.1, -0.05) is 54.1 Å². The van der Waals surface area contributed by atoms with Gasteiger partial charge in [-0.15, -0.1) is 0 Å². The third-order valence-corrected chi connectivity index (χ3v) is 4.98. The Bertz CT molecular complexity index is 806. The Morgan fingerprint density at radius 3 is 2.78 bits per heavy atom. The summed E-state index contributed by atoms with van der Waals surface area (Å²) >= 11 is 6.06. The summed E-state index contributed by atoms with van der Waals surface area (Å²) in [5.74, 6) is 1.07. The van der Waals surface area contributed by atoms with E-state index in [1.165, 1.54) is 0 Å². The van der Waals surface area contributed by atoms with Crippen LogP contribution < -0.4 is 4.74 Å². The first-order valence-electron chi connectivity index (χ1n) is 9.20. The summed E-state index contributed by atoms with van der Waals surface area (Å²) in [6, 6.07) is 15.7. The van der Waals surface area contributed by atoms with E-state index in [0.29, 0.717) is 18.0 Å². The Kier molecular flexibility index (Phi) is 6.91. The van der Waals surface area contributed by atoms with Crippen LogP contribution in [-0.4, -0.2) is 49.0 Å². The Morgan fingerprint density at radius 1 is 1.11 bits per heavy atom. The molecular weight excluding hydrogens is 360 g/mol. The Balaban J connectivity index is 1.56. The predicted molar refractivity (Wildman–Crippen MR) is 110 cm³/mol. The lowest BCUT2D eigenvalue weighted by molar-refractivity contribution is -0.130. The molecule has 1 amide bonds. The van der Waals surface area contributed by atoms with Crippen LogP contribution in [0.3, 0.4) is 0 Å². The number of ether oxygens (including phenoxy) is 1. The van der Waals surface area contributed by atoms with Crippen LogP contribution in [0, 0.1) is 0 Å². The van der Waals surface area contributed by atoms with E-state index < -0.39 is 0 Å². The van der Waals surface area contributed by atoms with Crippen LogP contribution in [0.4, 0.5) is 0 Å². The van der Waals surface area contributed by atoms with Gasteiger partial charge in [0.2, 0.25) is 5.91 Å². The number of hydrogen-bond donors (Lipinski definition) is 0. The van der Waals surface area contributed by atoms with Crippen LogP contribution >= 0.6 is 11.6 Å². The van der Waals surface area contributed by atoms with E-state index in [1.54, 1.807) is 7.11 Å². The highest BCUT2D eigenvalue weighted by molar-refractivity contribution is 6.30. The van der Waals surface area contributed by atoms with Crippen molar-refractivity contribution in [3.63, 3.8) is 0 Å². The van der Waals surface area contributed by atoms with Crippen LogP contribution in [0.25, 0.3) is 6.08 Å². The van der Waals surface area contributed by atoms with Gasteiger partial charge in [0, 0.05) is 49.7 Å². The minimum atomic E-state index is 0.200. The molecule has 1 heterocycles. The normalized spacial score (nSPS) is 15.9. The highest BCUT2D eigenvalue weighted by Crippen LogP contribution is 2.19. The molecule has 0 saturated carbocycles. The average Bonchev–Trinajstić information content (AvgIpc) is 2.84. The van der Waals surface area contributed by atoms with Gasteiger partial charge in [-0.2, -0.15) is 0 Å². The first-order valence-corrected chi connectivity index (χ1v) is 9.57. The zero-order chi connectivity index (χ0) is 19.1. The highest BCUT2D eigenvalue weighted by Gasteiger charge is 2.20. The maximum Gasteiger partial charge on any atom is 0.224 e. The number of rotatable bonds is 6. The van der Waals surface area contributed by atoms with Gasteiger partial charge >= 0.3 is 0 Å². The van der Waals surface area contributed by atoms with E-state index in [0.717, 1.165) is 43.1 Å². The smallest absolute Gasteiger partial charge is 0.224 e. The molecule has 4 nitrogen and oxygen atoms in total. The highest BCUT2D eigenvalue weighted by atomic mass is 35.5. The second kappa shape index (κ2) is 9.58. The fourth-order valence-corrected chi connectivity index (χ4v) is 3.46. The minimum Gasteiger partial charge on any atom is -0.496 e. The molecule has 3 rings (SSSR count). The number of methoxy groups -OCH3 is 1. The van der Waals surface area contributed by atoms with Gasteiger partial charge < -0.3 is 9.64 Å². The molecule has 1 aliphatic heterocycles. The van der Waals surface area contributed by atoms with Crippen molar-refractivity contribution in [2.75, 3.05) is 33.3 Å². The topological polar surface area (TPSA) is 32.8 Å². The molecule has 0 atom stereocenters. The lowest BCUT2D eigenvalue weighted by Gasteiger charge is -2.21. The molecule has 0 spiro atoms. The van der Waals surface area contributed by atoms with Gasteiger partial charge in [0.1, 0.15) is 5.75 Å². The zero-order valence-electron chi connectivity index (χ0n) is 15.6. The fraction of sp³-hybridized carbons (Fsp3) is 0.318. The Hall–Kier alpha value is -2.30. The molecule has 0 aromatic heterocycles. The van der Waals surface area contributed by atoms with Gasteiger partial charge in [-0.25, -0.2) is 0 Å². The average molecular weight is 385 g/mol. The van der Waals surface area contributed by atoms with Gasteiger partial charge in [-0.3, -0.25) is 9.69 Å². The Labute approximate surface area is 166 Å². The molecule has 27 heavy (non-hydrogen) atoms. The maximum atomic E-state index is 12.5. The van der Waals surface area contributed by atoms with Gasteiger partial charge in [0.15, 0.2) is 0 Å².